The molecule has 2 heterocycles. The van der Waals surface area contributed by atoms with Crippen LogP contribution in [0.3, 0.4) is 0 Å². The molecular weight excluding hydrogens is 386 g/mol. The minimum Gasteiger partial charge on any atom is -0.363 e. The number of aromatic nitrogens is 1. The standard InChI is InChI=1S/C17H23N5O5S/c1-13-10-14(18-27-13)12-20(3)16-5-4-15(11-17(16)22(23)24)28(25,26)21-8-6-19(2)7-9-21/h4-5,10-11H,6-9,12H2,1-3H3. The molecule has 11 heteroatoms. The Morgan fingerprint density at radius 2 is 1.93 bits per heavy atom. The fourth-order valence-electron chi connectivity index (χ4n) is 3.13. The summed E-state index contributed by atoms with van der Waals surface area (Å²) in [6.45, 7) is 4.03. The molecule has 0 amide bonds. The van der Waals surface area contributed by atoms with Crippen molar-refractivity contribution < 1.29 is 17.9 Å². The molecule has 0 radical (unpaired) electrons. The molecule has 28 heavy (non-hydrogen) atoms. The van der Waals surface area contributed by atoms with Crippen LogP contribution in [0.5, 0.6) is 0 Å². The van der Waals surface area contributed by atoms with E-state index in [4.69, 9.17) is 4.52 Å². The Morgan fingerprint density at radius 3 is 2.50 bits per heavy atom. The number of sulfonamides is 1. The van der Waals surface area contributed by atoms with Crippen molar-refractivity contribution in [3.63, 3.8) is 0 Å². The predicted molar refractivity (Wildman–Crippen MR) is 103 cm³/mol. The highest BCUT2D eigenvalue weighted by Gasteiger charge is 2.30. The number of hydrogen-bond donors (Lipinski definition) is 0. The smallest absolute Gasteiger partial charge is 0.293 e. The lowest BCUT2D eigenvalue weighted by Gasteiger charge is -2.31. The number of likely N-dealkylation sites (N-methyl/N-ethyl adjacent to an activating group) is 1. The largest absolute Gasteiger partial charge is 0.363 e. The average molecular weight is 409 g/mol. The van der Waals surface area contributed by atoms with E-state index in [-0.39, 0.29) is 10.6 Å². The van der Waals surface area contributed by atoms with E-state index in [0.717, 1.165) is 6.07 Å². The fraction of sp³-hybridized carbons (Fsp3) is 0.471. The third-order valence-corrected chi connectivity index (χ3v) is 6.63. The molecule has 1 fully saturated rings. The zero-order chi connectivity index (χ0) is 20.5. The summed E-state index contributed by atoms with van der Waals surface area (Å²) in [6.07, 6.45) is 0. The van der Waals surface area contributed by atoms with Crippen LogP contribution < -0.4 is 4.90 Å². The van der Waals surface area contributed by atoms with Crippen LogP contribution in [0.4, 0.5) is 11.4 Å². The molecule has 1 aromatic heterocycles. The Bertz CT molecular complexity index is 966. The van der Waals surface area contributed by atoms with Crippen LogP contribution >= 0.6 is 0 Å². The van der Waals surface area contributed by atoms with E-state index in [1.807, 2.05) is 11.9 Å². The molecule has 0 unspecified atom stereocenters. The highest BCUT2D eigenvalue weighted by atomic mass is 32.2. The summed E-state index contributed by atoms with van der Waals surface area (Å²) in [6, 6.07) is 5.76. The molecule has 1 saturated heterocycles. The van der Waals surface area contributed by atoms with E-state index in [2.05, 4.69) is 5.16 Å². The van der Waals surface area contributed by atoms with Crippen molar-refractivity contribution in [2.75, 3.05) is 45.2 Å². The van der Waals surface area contributed by atoms with Crippen molar-refractivity contribution in [1.29, 1.82) is 0 Å². The van der Waals surface area contributed by atoms with Gasteiger partial charge >= 0.3 is 0 Å². The summed E-state index contributed by atoms with van der Waals surface area (Å²) in [5.74, 6) is 0.645. The number of nitro groups is 1. The van der Waals surface area contributed by atoms with Gasteiger partial charge in [0.1, 0.15) is 17.1 Å². The van der Waals surface area contributed by atoms with Gasteiger partial charge in [0.2, 0.25) is 10.0 Å². The van der Waals surface area contributed by atoms with Crippen molar-refractivity contribution in [1.82, 2.24) is 14.4 Å². The number of aryl methyl sites for hydroxylation is 1. The maximum atomic E-state index is 12.9. The quantitative estimate of drug-likeness (QED) is 0.521. The van der Waals surface area contributed by atoms with Gasteiger partial charge in [0.15, 0.2) is 0 Å². The number of piperazine rings is 1. The summed E-state index contributed by atoms with van der Waals surface area (Å²) in [4.78, 5) is 14.7. The fourth-order valence-corrected chi connectivity index (χ4v) is 4.57. The zero-order valence-electron chi connectivity index (χ0n) is 16.0. The van der Waals surface area contributed by atoms with Crippen LogP contribution in [0.25, 0.3) is 0 Å². The van der Waals surface area contributed by atoms with E-state index in [1.54, 1.807) is 24.9 Å². The van der Waals surface area contributed by atoms with Gasteiger partial charge in [0, 0.05) is 45.4 Å². The average Bonchev–Trinajstić information content (AvgIpc) is 3.06. The number of rotatable bonds is 6. The van der Waals surface area contributed by atoms with Gasteiger partial charge in [-0.1, -0.05) is 5.16 Å². The first-order valence-corrected chi connectivity index (χ1v) is 10.2. The van der Waals surface area contributed by atoms with Crippen molar-refractivity contribution in [2.45, 2.75) is 18.4 Å². The van der Waals surface area contributed by atoms with E-state index in [9.17, 15) is 18.5 Å². The van der Waals surface area contributed by atoms with Crippen LogP contribution in [-0.2, 0) is 16.6 Å². The number of hydrogen-bond acceptors (Lipinski definition) is 8. The molecule has 3 rings (SSSR count). The minimum absolute atomic E-state index is 0.0711. The lowest BCUT2D eigenvalue weighted by molar-refractivity contribution is -0.384. The number of nitro benzene ring substituents is 1. The monoisotopic (exact) mass is 409 g/mol. The first-order valence-electron chi connectivity index (χ1n) is 8.79. The van der Waals surface area contributed by atoms with Crippen molar-refractivity contribution in [2.24, 2.45) is 0 Å². The van der Waals surface area contributed by atoms with Gasteiger partial charge in [-0.25, -0.2) is 8.42 Å². The second-order valence-electron chi connectivity index (χ2n) is 6.90. The second kappa shape index (κ2) is 7.86. The molecule has 0 atom stereocenters. The summed E-state index contributed by atoms with van der Waals surface area (Å²) < 4.78 is 32.2. The molecule has 1 aromatic carbocycles. The Morgan fingerprint density at radius 1 is 1.25 bits per heavy atom. The van der Waals surface area contributed by atoms with Crippen LogP contribution in [0.2, 0.25) is 0 Å². The van der Waals surface area contributed by atoms with Crippen molar-refractivity contribution in [3.8, 4) is 0 Å². The summed E-state index contributed by atoms with van der Waals surface area (Å²) in [5.41, 5.74) is 0.671. The summed E-state index contributed by atoms with van der Waals surface area (Å²) in [7, 11) is -0.175. The lowest BCUT2D eigenvalue weighted by Crippen LogP contribution is -2.47. The molecule has 0 bridgehead atoms. The maximum absolute atomic E-state index is 12.9. The maximum Gasteiger partial charge on any atom is 0.293 e. The first-order chi connectivity index (χ1) is 13.2. The van der Waals surface area contributed by atoms with Crippen LogP contribution in [0.1, 0.15) is 11.5 Å². The minimum atomic E-state index is -3.78. The molecule has 0 N–H and O–H groups in total. The first kappa shape index (κ1) is 20.2. The Hall–Kier alpha value is -2.50. The highest BCUT2D eigenvalue weighted by molar-refractivity contribution is 7.89. The Kier molecular flexibility index (Phi) is 5.68. The van der Waals surface area contributed by atoms with Gasteiger partial charge in [0.05, 0.1) is 16.4 Å². The van der Waals surface area contributed by atoms with E-state index in [0.29, 0.717) is 49.9 Å². The molecule has 2 aromatic rings. The van der Waals surface area contributed by atoms with E-state index in [1.165, 1.54) is 16.4 Å². The van der Waals surface area contributed by atoms with Crippen LogP contribution in [0, 0.1) is 17.0 Å². The van der Waals surface area contributed by atoms with Gasteiger partial charge < -0.3 is 14.3 Å². The lowest BCUT2D eigenvalue weighted by atomic mass is 10.2. The van der Waals surface area contributed by atoms with E-state index >= 15 is 0 Å². The third kappa shape index (κ3) is 4.16. The highest BCUT2D eigenvalue weighted by Crippen LogP contribution is 2.32. The third-order valence-electron chi connectivity index (χ3n) is 4.73. The predicted octanol–water partition coefficient (Wildman–Crippen LogP) is 1.46. The molecular formula is C17H23N5O5S. The molecule has 0 saturated carbocycles. The van der Waals surface area contributed by atoms with Gasteiger partial charge in [-0.3, -0.25) is 10.1 Å². The van der Waals surface area contributed by atoms with Crippen molar-refractivity contribution >= 4 is 21.4 Å². The van der Waals surface area contributed by atoms with E-state index < -0.39 is 14.9 Å². The summed E-state index contributed by atoms with van der Waals surface area (Å²) >= 11 is 0. The number of anilines is 1. The molecule has 0 spiro atoms. The van der Waals surface area contributed by atoms with Gasteiger partial charge in [-0.2, -0.15) is 4.31 Å². The number of nitrogens with zero attached hydrogens (tertiary/aromatic N) is 5. The number of benzene rings is 1. The topological polar surface area (TPSA) is 113 Å². The Labute approximate surface area is 163 Å². The van der Waals surface area contributed by atoms with Crippen LogP contribution in [0.15, 0.2) is 33.7 Å². The molecule has 1 aliphatic rings. The van der Waals surface area contributed by atoms with Gasteiger partial charge in [-0.15, -0.1) is 0 Å². The summed E-state index contributed by atoms with van der Waals surface area (Å²) in [5, 5.41) is 15.5. The zero-order valence-corrected chi connectivity index (χ0v) is 16.8. The second-order valence-corrected chi connectivity index (χ2v) is 8.84. The normalized spacial score (nSPS) is 16.2. The molecule has 0 aliphatic carbocycles. The SMILES string of the molecule is Cc1cc(CN(C)c2ccc(S(=O)(=O)N3CCN(C)CC3)cc2[N+](=O)[O-])no1. The Balaban J connectivity index is 1.89. The van der Waals surface area contributed by atoms with Gasteiger partial charge in [-0.05, 0) is 26.1 Å². The van der Waals surface area contributed by atoms with Gasteiger partial charge in [0.25, 0.3) is 5.69 Å². The van der Waals surface area contributed by atoms with Crippen molar-refractivity contribution in [3.05, 3.63) is 45.8 Å². The molecule has 10 nitrogen and oxygen atoms in total. The van der Waals surface area contributed by atoms with Crippen LogP contribution in [-0.4, -0.2) is 68.0 Å². The molecule has 1 aliphatic heterocycles. The molecule has 152 valence electrons.